The Hall–Kier alpha value is -2.70. The van der Waals surface area contributed by atoms with Crippen LogP contribution >= 0.6 is 22.9 Å². The molecule has 1 heterocycles. The molecule has 0 radical (unpaired) electrons. The number of rotatable bonds is 6. The van der Waals surface area contributed by atoms with E-state index in [1.165, 1.54) is 17.4 Å². The Labute approximate surface area is 170 Å². The molecule has 0 fully saturated rings. The van der Waals surface area contributed by atoms with Gasteiger partial charge < -0.3 is 10.4 Å². The number of hydrogen-bond donors (Lipinski definition) is 2. The van der Waals surface area contributed by atoms with Crippen molar-refractivity contribution in [2.24, 2.45) is 0 Å². The van der Waals surface area contributed by atoms with Gasteiger partial charge in [-0.3, -0.25) is 4.79 Å². The van der Waals surface area contributed by atoms with E-state index in [1.54, 1.807) is 48.7 Å². The maximum absolute atomic E-state index is 13.9. The topological polar surface area (TPSA) is 66.4 Å². The number of benzene rings is 2. The molecule has 3 rings (SSSR count). The normalized spacial score (nSPS) is 10.7. The first kappa shape index (κ1) is 20.0. The highest BCUT2D eigenvalue weighted by atomic mass is 35.5. The monoisotopic (exact) mass is 417 g/mol. The van der Waals surface area contributed by atoms with Crippen LogP contribution in [0.2, 0.25) is 5.02 Å². The summed E-state index contributed by atoms with van der Waals surface area (Å²) < 4.78 is 13.9. The fourth-order valence-electron chi connectivity index (χ4n) is 2.79. The molecule has 28 heavy (non-hydrogen) atoms. The number of thiophene rings is 1. The van der Waals surface area contributed by atoms with Gasteiger partial charge in [-0.05, 0) is 48.2 Å². The Bertz CT molecular complexity index is 1030. The molecule has 4 nitrogen and oxygen atoms in total. The third-order valence-corrected chi connectivity index (χ3v) is 5.50. The molecule has 2 N–H and O–H groups in total. The van der Waals surface area contributed by atoms with Crippen molar-refractivity contribution in [3.8, 4) is 10.4 Å². The minimum Gasteiger partial charge on any atom is -0.478 e. The van der Waals surface area contributed by atoms with Crippen LogP contribution in [0.4, 0.5) is 10.1 Å². The van der Waals surface area contributed by atoms with E-state index in [-0.39, 0.29) is 35.8 Å². The first-order valence-electron chi connectivity index (χ1n) is 8.50. The summed E-state index contributed by atoms with van der Waals surface area (Å²) in [5, 5.41) is 14.4. The smallest absolute Gasteiger partial charge is 0.339 e. The summed E-state index contributed by atoms with van der Waals surface area (Å²) in [5.41, 5.74) is 2.23. The lowest BCUT2D eigenvalue weighted by atomic mass is 10.1. The van der Waals surface area contributed by atoms with Crippen LogP contribution in [-0.2, 0) is 11.2 Å². The Morgan fingerprint density at radius 3 is 2.54 bits per heavy atom. The standard InChI is InChI=1S/C21H17ClFNO3S/c1-12-2-3-13(16(23)10-12)6-9-18(25)24-17-11-28-20(19(17)21(26)27)14-4-7-15(22)8-5-14/h2-5,7-8,10-11H,6,9H2,1H3,(H,24,25)(H,26,27). The number of nitrogens with one attached hydrogen (secondary N) is 1. The molecule has 0 atom stereocenters. The number of carbonyl (C=O) groups is 2. The molecule has 1 aromatic heterocycles. The van der Waals surface area contributed by atoms with Crippen LogP contribution < -0.4 is 5.32 Å². The molecule has 0 saturated carbocycles. The average molecular weight is 418 g/mol. The highest BCUT2D eigenvalue weighted by Crippen LogP contribution is 2.36. The summed E-state index contributed by atoms with van der Waals surface area (Å²) in [6, 6.07) is 11.7. The number of aryl methyl sites for hydroxylation is 2. The highest BCUT2D eigenvalue weighted by molar-refractivity contribution is 7.14. The zero-order chi connectivity index (χ0) is 20.3. The van der Waals surface area contributed by atoms with Gasteiger partial charge in [0.15, 0.2) is 0 Å². The number of carboxylic acid groups (broad SMARTS) is 1. The molecule has 1 amide bonds. The molecule has 0 aliphatic rings. The number of halogens is 2. The second-order valence-corrected chi connectivity index (χ2v) is 7.62. The number of anilines is 1. The second-order valence-electron chi connectivity index (χ2n) is 6.31. The van der Waals surface area contributed by atoms with Crippen LogP contribution in [0.5, 0.6) is 0 Å². The zero-order valence-corrected chi connectivity index (χ0v) is 16.5. The molecule has 0 bridgehead atoms. The lowest BCUT2D eigenvalue weighted by Gasteiger charge is -2.07. The molecular weight excluding hydrogens is 401 g/mol. The van der Waals surface area contributed by atoms with Gasteiger partial charge in [0.25, 0.3) is 0 Å². The van der Waals surface area contributed by atoms with Crippen LogP contribution in [0.3, 0.4) is 0 Å². The van der Waals surface area contributed by atoms with Gasteiger partial charge in [0.1, 0.15) is 11.4 Å². The molecule has 7 heteroatoms. The van der Waals surface area contributed by atoms with Crippen molar-refractivity contribution in [1.82, 2.24) is 0 Å². The fourth-order valence-corrected chi connectivity index (χ4v) is 3.92. The van der Waals surface area contributed by atoms with E-state index in [4.69, 9.17) is 11.6 Å². The van der Waals surface area contributed by atoms with E-state index < -0.39 is 5.97 Å². The van der Waals surface area contributed by atoms with Crippen molar-refractivity contribution >= 4 is 40.5 Å². The summed E-state index contributed by atoms with van der Waals surface area (Å²) in [7, 11) is 0. The van der Waals surface area contributed by atoms with Crippen LogP contribution in [0, 0.1) is 12.7 Å². The van der Waals surface area contributed by atoms with Crippen molar-refractivity contribution < 1.29 is 19.1 Å². The van der Waals surface area contributed by atoms with Gasteiger partial charge >= 0.3 is 5.97 Å². The summed E-state index contributed by atoms with van der Waals surface area (Å²) in [6.07, 6.45) is 0.277. The van der Waals surface area contributed by atoms with E-state index >= 15 is 0 Å². The lowest BCUT2D eigenvalue weighted by Crippen LogP contribution is -2.14. The summed E-state index contributed by atoms with van der Waals surface area (Å²) in [4.78, 5) is 24.6. The molecule has 0 aliphatic carbocycles. The molecule has 0 spiro atoms. The molecular formula is C21H17ClFNO3S. The van der Waals surface area contributed by atoms with Crippen LogP contribution in [0.1, 0.15) is 27.9 Å². The average Bonchev–Trinajstić information content (AvgIpc) is 3.05. The Morgan fingerprint density at radius 1 is 1.18 bits per heavy atom. The van der Waals surface area contributed by atoms with Crippen LogP contribution in [0.15, 0.2) is 47.8 Å². The maximum atomic E-state index is 13.9. The highest BCUT2D eigenvalue weighted by Gasteiger charge is 2.21. The molecule has 0 unspecified atom stereocenters. The SMILES string of the molecule is Cc1ccc(CCC(=O)Nc2csc(-c3ccc(Cl)cc3)c2C(=O)O)c(F)c1. The molecule has 2 aromatic carbocycles. The van der Waals surface area contributed by atoms with Gasteiger partial charge in [-0.15, -0.1) is 11.3 Å². The van der Waals surface area contributed by atoms with Gasteiger partial charge in [0.05, 0.1) is 10.6 Å². The fraction of sp³-hybridized carbons (Fsp3) is 0.143. The Morgan fingerprint density at radius 2 is 1.89 bits per heavy atom. The van der Waals surface area contributed by atoms with Crippen LogP contribution in [-0.4, -0.2) is 17.0 Å². The maximum Gasteiger partial charge on any atom is 0.339 e. The number of aromatic carboxylic acids is 1. The van der Waals surface area contributed by atoms with Crippen molar-refractivity contribution in [2.45, 2.75) is 19.8 Å². The van der Waals surface area contributed by atoms with Crippen molar-refractivity contribution in [2.75, 3.05) is 5.32 Å². The predicted octanol–water partition coefficient (Wildman–Crippen LogP) is 5.79. The summed E-state index contributed by atoms with van der Waals surface area (Å²) in [6.45, 7) is 1.79. The lowest BCUT2D eigenvalue weighted by molar-refractivity contribution is -0.116. The van der Waals surface area contributed by atoms with Crippen molar-refractivity contribution in [3.63, 3.8) is 0 Å². The molecule has 3 aromatic rings. The van der Waals surface area contributed by atoms with Gasteiger partial charge in [0.2, 0.25) is 5.91 Å². The van der Waals surface area contributed by atoms with Crippen LogP contribution in [0.25, 0.3) is 10.4 Å². The van der Waals surface area contributed by atoms with E-state index in [0.29, 0.717) is 21.0 Å². The number of hydrogen-bond acceptors (Lipinski definition) is 3. The van der Waals surface area contributed by atoms with Gasteiger partial charge in [-0.25, -0.2) is 9.18 Å². The zero-order valence-electron chi connectivity index (χ0n) is 15.0. The minimum absolute atomic E-state index is 0.0298. The van der Waals surface area contributed by atoms with Crippen molar-refractivity contribution in [1.29, 1.82) is 0 Å². The number of carboxylic acids is 1. The number of amides is 1. The van der Waals surface area contributed by atoms with E-state index in [0.717, 1.165) is 5.56 Å². The van der Waals surface area contributed by atoms with Gasteiger partial charge in [0, 0.05) is 16.8 Å². The van der Waals surface area contributed by atoms with E-state index in [1.807, 2.05) is 0 Å². The quantitative estimate of drug-likeness (QED) is 0.533. The number of carbonyl (C=O) groups excluding carboxylic acids is 1. The first-order chi connectivity index (χ1) is 13.3. The van der Waals surface area contributed by atoms with E-state index in [2.05, 4.69) is 5.32 Å². The second kappa shape index (κ2) is 8.54. The third-order valence-electron chi connectivity index (χ3n) is 4.22. The Kier molecular flexibility index (Phi) is 6.11. The van der Waals surface area contributed by atoms with Gasteiger partial charge in [-0.2, -0.15) is 0 Å². The summed E-state index contributed by atoms with van der Waals surface area (Å²) >= 11 is 7.11. The minimum atomic E-state index is -1.13. The largest absolute Gasteiger partial charge is 0.478 e. The Balaban J connectivity index is 1.75. The molecule has 0 aliphatic heterocycles. The molecule has 144 valence electrons. The van der Waals surface area contributed by atoms with Gasteiger partial charge in [-0.1, -0.05) is 35.9 Å². The molecule has 0 saturated heterocycles. The van der Waals surface area contributed by atoms with Crippen molar-refractivity contribution in [3.05, 3.63) is 75.4 Å². The third kappa shape index (κ3) is 4.58. The summed E-state index contributed by atoms with van der Waals surface area (Å²) in [5.74, 6) is -1.85. The first-order valence-corrected chi connectivity index (χ1v) is 9.76. The predicted molar refractivity (Wildman–Crippen MR) is 110 cm³/mol. The van der Waals surface area contributed by atoms with E-state index in [9.17, 15) is 19.1 Å².